The summed E-state index contributed by atoms with van der Waals surface area (Å²) in [6.45, 7) is 1.94. The summed E-state index contributed by atoms with van der Waals surface area (Å²) in [6, 6.07) is 37.6. The van der Waals surface area contributed by atoms with E-state index < -0.39 is 11.9 Å². The normalized spacial score (nSPS) is 8.50. The Morgan fingerprint density at radius 1 is 0.583 bits per heavy atom. The maximum Gasteiger partial charge on any atom is 2.00 e. The van der Waals surface area contributed by atoms with Crippen LogP contribution in [-0.4, -0.2) is 11.9 Å². The first kappa shape index (κ1) is 34.9. The van der Waals surface area contributed by atoms with Crippen LogP contribution in [0.4, 0.5) is 11.4 Å². The summed E-state index contributed by atoms with van der Waals surface area (Å²) in [5.74, 6) is -2.17. The van der Waals surface area contributed by atoms with Crippen LogP contribution in [0, 0.1) is 12.1 Å². The molecule has 0 amide bonds. The quantitative estimate of drug-likeness (QED) is 0.192. The minimum absolute atomic E-state index is 0. The summed E-state index contributed by atoms with van der Waals surface area (Å²) in [6.07, 6.45) is 0. The van der Waals surface area contributed by atoms with Gasteiger partial charge in [0.25, 0.3) is 0 Å². The van der Waals surface area contributed by atoms with E-state index >= 15 is 0 Å². The van der Waals surface area contributed by atoms with Crippen LogP contribution in [0.15, 0.2) is 97.1 Å². The molecule has 0 saturated heterocycles. The minimum atomic E-state index is -1.08. The fourth-order valence-electron chi connectivity index (χ4n) is 2.61. The average Bonchev–Trinajstić information content (AvgIpc) is 2.81. The number of benzene rings is 4. The molecule has 4 rings (SSSR count). The summed E-state index contributed by atoms with van der Waals surface area (Å²) < 4.78 is 0. The molecule has 36 heavy (non-hydrogen) atoms. The maximum atomic E-state index is 8.89. The van der Waals surface area contributed by atoms with Crippen LogP contribution in [0.3, 0.4) is 0 Å². The number of carbonyl (C=O) groups is 2. The Bertz CT molecular complexity index is 1060. The summed E-state index contributed by atoms with van der Waals surface area (Å²) >= 11 is 0. The molecule has 0 fully saturated rings. The monoisotopic (exact) mass is 666 g/mol. The zero-order chi connectivity index (χ0) is 25.3. The first-order valence-electron chi connectivity index (χ1n) is 10.2. The van der Waals surface area contributed by atoms with Crippen molar-refractivity contribution in [1.29, 1.82) is 0 Å². The molecule has 4 aromatic carbocycles. The summed E-state index contributed by atoms with van der Waals surface area (Å²) in [7, 11) is 0. The third-order valence-electron chi connectivity index (χ3n) is 3.92. The third kappa shape index (κ3) is 14.9. The Balaban J connectivity index is 0. The van der Waals surface area contributed by atoms with Crippen molar-refractivity contribution in [2.24, 2.45) is 0 Å². The van der Waals surface area contributed by atoms with Crippen LogP contribution >= 0.6 is 0 Å². The minimum Gasteiger partial charge on any atom is -0.550 e. The number of para-hydroxylation sites is 2. The maximum absolute atomic E-state index is 8.89. The van der Waals surface area contributed by atoms with Gasteiger partial charge in [0, 0.05) is 11.9 Å². The zero-order valence-electron chi connectivity index (χ0n) is 19.7. The molecule has 0 aromatic heterocycles. The molecule has 192 valence electrons. The number of hydrogen-bond acceptors (Lipinski definition) is 6. The number of carboxylic acid groups (broad SMARTS) is 2. The van der Waals surface area contributed by atoms with Crippen molar-refractivity contribution in [2.75, 3.05) is 11.5 Å². The number of nitrogens with two attached hydrogens (primary N) is 2. The van der Waals surface area contributed by atoms with E-state index in [9.17, 15) is 0 Å². The molecule has 4 N–H and O–H groups in total. The second kappa shape index (κ2) is 20.0. The predicted molar refractivity (Wildman–Crippen MR) is 132 cm³/mol. The van der Waals surface area contributed by atoms with Gasteiger partial charge < -0.3 is 31.3 Å². The summed E-state index contributed by atoms with van der Waals surface area (Å²) in [4.78, 5) is 17.8. The van der Waals surface area contributed by atoms with Crippen molar-refractivity contribution in [3.8, 4) is 22.3 Å². The van der Waals surface area contributed by atoms with Crippen LogP contribution in [0.25, 0.3) is 22.3 Å². The number of aliphatic carboxylic acids is 2. The molecule has 0 unspecified atom stereocenters. The fraction of sp³-hybridized carbons (Fsp3) is 0.0714. The van der Waals surface area contributed by atoms with E-state index in [-0.39, 0.29) is 40.8 Å². The number of anilines is 2. The van der Waals surface area contributed by atoms with Crippen LogP contribution in [0.1, 0.15) is 13.8 Å². The van der Waals surface area contributed by atoms with Gasteiger partial charge in [-0.1, -0.05) is 47.5 Å². The van der Waals surface area contributed by atoms with Crippen LogP contribution in [-0.2, 0) is 50.4 Å². The van der Waals surface area contributed by atoms with E-state index in [1.807, 2.05) is 97.1 Å². The van der Waals surface area contributed by atoms with E-state index in [1.54, 1.807) is 0 Å². The average molecular weight is 667 g/mol. The van der Waals surface area contributed by atoms with Gasteiger partial charge in [0.1, 0.15) is 0 Å². The summed E-state index contributed by atoms with van der Waals surface area (Å²) in [5.41, 5.74) is 17.4. The van der Waals surface area contributed by atoms with Gasteiger partial charge in [0.05, 0.1) is 0 Å². The van der Waals surface area contributed by atoms with E-state index in [4.69, 9.17) is 31.3 Å². The molecule has 4 aromatic rings. The smallest absolute Gasteiger partial charge is 0.550 e. The first-order chi connectivity index (χ1) is 16.2. The van der Waals surface area contributed by atoms with Gasteiger partial charge in [0.2, 0.25) is 0 Å². The molecule has 0 aliphatic heterocycles. The van der Waals surface area contributed by atoms with Gasteiger partial charge in [-0.2, -0.15) is 0 Å². The molecular weight excluding hydrogens is 641 g/mol. The Morgan fingerprint density at radius 2 is 0.861 bits per heavy atom. The largest absolute Gasteiger partial charge is 2.00 e. The Labute approximate surface area is 239 Å². The van der Waals surface area contributed by atoms with Gasteiger partial charge in [-0.3, -0.25) is 0 Å². The van der Waals surface area contributed by atoms with E-state index in [1.165, 1.54) is 0 Å². The van der Waals surface area contributed by atoms with Crippen molar-refractivity contribution < 1.29 is 60.6 Å². The topological polar surface area (TPSA) is 132 Å². The number of carbonyl (C=O) groups excluding carboxylic acids is 2. The number of nitrogen functional groups attached to an aromatic ring is 2. The van der Waals surface area contributed by atoms with Gasteiger partial charge in [-0.05, 0) is 37.4 Å². The first-order valence-corrected chi connectivity index (χ1v) is 10.2. The van der Waals surface area contributed by atoms with Gasteiger partial charge in [-0.25, -0.2) is 0 Å². The molecule has 8 heteroatoms. The van der Waals surface area contributed by atoms with Gasteiger partial charge >= 0.3 is 40.8 Å². The van der Waals surface area contributed by atoms with Crippen molar-refractivity contribution >= 4 is 23.3 Å². The molecule has 0 heterocycles. The van der Waals surface area contributed by atoms with Crippen molar-refractivity contribution in [3.05, 3.63) is 109 Å². The molecule has 0 spiro atoms. The van der Waals surface area contributed by atoms with Crippen LogP contribution in [0.2, 0.25) is 0 Å². The van der Waals surface area contributed by atoms with E-state index in [0.29, 0.717) is 0 Å². The molecule has 0 aliphatic carbocycles. The molecule has 6 nitrogen and oxygen atoms in total. The second-order valence-corrected chi connectivity index (χ2v) is 6.71. The van der Waals surface area contributed by atoms with Gasteiger partial charge in [0.15, 0.2) is 0 Å². The Kier molecular flexibility index (Phi) is 19.4. The molecule has 0 bridgehead atoms. The van der Waals surface area contributed by atoms with E-state index in [2.05, 4.69) is 12.1 Å². The summed E-state index contributed by atoms with van der Waals surface area (Å²) in [5, 5.41) is 17.8. The molecule has 0 atom stereocenters. The number of hydrogen-bond donors (Lipinski definition) is 2. The number of rotatable bonds is 2. The second-order valence-electron chi connectivity index (χ2n) is 6.71. The Morgan fingerprint density at radius 3 is 1.11 bits per heavy atom. The SMILES string of the molecule is CC(=O)[O-].CC(=O)[O-].Nc1ccccc1-c1[c-]cccc1.Nc1ccccc1-c1[c-]cccc1.[Pd+2].[Pd+2]. The van der Waals surface area contributed by atoms with Crippen molar-refractivity contribution in [1.82, 2.24) is 0 Å². The van der Waals surface area contributed by atoms with Crippen LogP contribution < -0.4 is 21.7 Å². The predicted octanol–water partition coefficient (Wildman–Crippen LogP) is 2.98. The van der Waals surface area contributed by atoms with E-state index in [0.717, 1.165) is 47.5 Å². The standard InChI is InChI=1S/2C12H10N.2C2H4O2.2Pd/c2*13-12-9-5-4-8-11(12)10-6-2-1-3-7-10;2*1-2(3)4;;/h2*1-6,8-9H,13H2;2*1H3,(H,3,4);;/q2*-1;;;2*+2/p-2. The van der Waals surface area contributed by atoms with Crippen molar-refractivity contribution in [3.63, 3.8) is 0 Å². The molecule has 0 saturated carbocycles. The Hall–Kier alpha value is -3.26. The number of carboxylic acids is 2. The third-order valence-corrected chi connectivity index (χ3v) is 3.92. The molecule has 0 radical (unpaired) electrons. The zero-order valence-corrected chi connectivity index (χ0v) is 22.8. The molecule has 0 aliphatic rings. The molecular formula is C28H26N2O4Pd2. The fourth-order valence-corrected chi connectivity index (χ4v) is 2.61. The van der Waals surface area contributed by atoms with Crippen LogP contribution in [0.5, 0.6) is 0 Å². The van der Waals surface area contributed by atoms with Gasteiger partial charge in [-0.15, -0.1) is 71.8 Å². The van der Waals surface area contributed by atoms with Crippen molar-refractivity contribution in [2.45, 2.75) is 13.8 Å².